The number of benzene rings is 1. The van der Waals surface area contributed by atoms with E-state index in [1.54, 1.807) is 0 Å². The third-order valence-corrected chi connectivity index (χ3v) is 2.11. The predicted molar refractivity (Wildman–Crippen MR) is 54.5 cm³/mol. The average Bonchev–Trinajstić information content (AvgIpc) is 2.49. The Bertz CT molecular complexity index is 352. The van der Waals surface area contributed by atoms with Gasteiger partial charge in [-0.05, 0) is 5.56 Å². The maximum absolute atomic E-state index is 3.87. The fourth-order valence-electron chi connectivity index (χ4n) is 1.31. The summed E-state index contributed by atoms with van der Waals surface area (Å²) in [5, 5.41) is 3.21. The Hall–Kier alpha value is -1.70. The molecule has 1 heterocycles. The van der Waals surface area contributed by atoms with E-state index >= 15 is 0 Å². The normalized spacial score (nSPS) is 15.6. The van der Waals surface area contributed by atoms with E-state index < -0.39 is 0 Å². The lowest BCUT2D eigenvalue weighted by atomic mass is 10.2. The summed E-state index contributed by atoms with van der Waals surface area (Å²) in [6.45, 7) is 3.87. The van der Waals surface area contributed by atoms with Gasteiger partial charge in [-0.2, -0.15) is 0 Å². The smallest absolute Gasteiger partial charge is 0.102 e. The third-order valence-electron chi connectivity index (χ3n) is 2.11. The van der Waals surface area contributed by atoms with Crippen molar-refractivity contribution in [2.24, 2.45) is 0 Å². The molecule has 2 rings (SSSR count). The van der Waals surface area contributed by atoms with E-state index in [1.807, 2.05) is 36.3 Å². The molecule has 0 bridgehead atoms. The summed E-state index contributed by atoms with van der Waals surface area (Å²) in [5.41, 5.74) is 2.29. The minimum Gasteiger partial charge on any atom is -0.340 e. The molecule has 0 aliphatic carbocycles. The summed E-state index contributed by atoms with van der Waals surface area (Å²) in [4.78, 5) is 1.97. The van der Waals surface area contributed by atoms with E-state index in [0.717, 1.165) is 11.5 Å². The van der Waals surface area contributed by atoms with E-state index in [1.165, 1.54) is 5.56 Å². The van der Waals surface area contributed by atoms with Crippen molar-refractivity contribution in [2.45, 2.75) is 0 Å². The summed E-state index contributed by atoms with van der Waals surface area (Å²) in [6, 6.07) is 10.2. The summed E-state index contributed by atoms with van der Waals surface area (Å²) in [6.07, 6.45) is 2.04. The molecule has 0 fully saturated rings. The molecule has 66 valence electrons. The van der Waals surface area contributed by atoms with Gasteiger partial charge in [-0.1, -0.05) is 36.9 Å². The molecule has 2 heteroatoms. The molecule has 0 unspecified atom stereocenters. The molecule has 0 radical (unpaired) electrons. The van der Waals surface area contributed by atoms with Crippen LogP contribution < -0.4 is 5.32 Å². The fourth-order valence-corrected chi connectivity index (χ4v) is 1.31. The second-order valence-corrected chi connectivity index (χ2v) is 3.09. The molecule has 1 aliphatic heterocycles. The number of rotatable bonds is 1. The van der Waals surface area contributed by atoms with Gasteiger partial charge >= 0.3 is 0 Å². The van der Waals surface area contributed by atoms with Gasteiger partial charge in [-0.15, -0.1) is 0 Å². The second kappa shape index (κ2) is 2.98. The summed E-state index contributed by atoms with van der Waals surface area (Å²) < 4.78 is 0. The second-order valence-electron chi connectivity index (χ2n) is 3.09. The molecule has 0 atom stereocenters. The van der Waals surface area contributed by atoms with Gasteiger partial charge in [0.25, 0.3) is 0 Å². The minimum atomic E-state index is 0.916. The maximum atomic E-state index is 3.87. The van der Waals surface area contributed by atoms with Crippen LogP contribution in [0, 0.1) is 0 Å². The highest BCUT2D eigenvalue weighted by molar-refractivity contribution is 5.67. The Labute approximate surface area is 78.2 Å². The quantitative estimate of drug-likeness (QED) is 0.697. The first kappa shape index (κ1) is 7.92. The van der Waals surface area contributed by atoms with Crippen LogP contribution in [0.15, 0.2) is 48.9 Å². The Morgan fingerprint density at radius 2 is 1.92 bits per heavy atom. The number of nitrogens with one attached hydrogen (secondary N) is 1. The zero-order valence-corrected chi connectivity index (χ0v) is 7.62. The van der Waals surface area contributed by atoms with Crippen LogP contribution >= 0.6 is 0 Å². The average molecular weight is 172 g/mol. The van der Waals surface area contributed by atoms with Gasteiger partial charge in [-0.25, -0.2) is 0 Å². The maximum Gasteiger partial charge on any atom is 0.102 e. The van der Waals surface area contributed by atoms with Gasteiger partial charge < -0.3 is 10.2 Å². The zero-order chi connectivity index (χ0) is 9.26. The zero-order valence-electron chi connectivity index (χ0n) is 7.62. The van der Waals surface area contributed by atoms with Gasteiger partial charge in [-0.3, -0.25) is 0 Å². The number of hydrogen-bond acceptors (Lipinski definition) is 2. The molecule has 1 aromatic carbocycles. The monoisotopic (exact) mass is 172 g/mol. The highest BCUT2D eigenvalue weighted by atomic mass is 15.3. The highest BCUT2D eigenvalue weighted by Gasteiger charge is 2.12. The topological polar surface area (TPSA) is 15.3 Å². The van der Waals surface area contributed by atoms with E-state index in [2.05, 4.69) is 24.0 Å². The Kier molecular flexibility index (Phi) is 1.81. The molecular formula is C11H12N2. The number of hydrogen-bond donors (Lipinski definition) is 1. The van der Waals surface area contributed by atoms with Crippen molar-refractivity contribution >= 4 is 5.70 Å². The molecule has 0 aromatic heterocycles. The lowest BCUT2D eigenvalue weighted by molar-refractivity contribution is 0.574. The molecule has 0 spiro atoms. The van der Waals surface area contributed by atoms with Crippen molar-refractivity contribution in [3.8, 4) is 0 Å². The third kappa shape index (κ3) is 1.43. The Morgan fingerprint density at radius 3 is 2.46 bits per heavy atom. The Morgan fingerprint density at radius 1 is 1.23 bits per heavy atom. The first-order valence-corrected chi connectivity index (χ1v) is 4.23. The number of nitrogens with zero attached hydrogens (tertiary/aromatic N) is 1. The fraction of sp³-hybridized carbons (Fsp3) is 0.0909. The van der Waals surface area contributed by atoms with Crippen molar-refractivity contribution in [1.29, 1.82) is 0 Å². The summed E-state index contributed by atoms with van der Waals surface area (Å²) in [5.74, 6) is 0.916. The van der Waals surface area contributed by atoms with Crippen molar-refractivity contribution in [1.82, 2.24) is 10.2 Å². The van der Waals surface area contributed by atoms with Crippen LogP contribution in [0.3, 0.4) is 0 Å². The van der Waals surface area contributed by atoms with Gasteiger partial charge in [0, 0.05) is 13.2 Å². The molecular weight excluding hydrogens is 160 g/mol. The van der Waals surface area contributed by atoms with Crippen LogP contribution in [0.4, 0.5) is 0 Å². The largest absolute Gasteiger partial charge is 0.340 e. The van der Waals surface area contributed by atoms with Gasteiger partial charge in [0.15, 0.2) is 0 Å². The van der Waals surface area contributed by atoms with Crippen LogP contribution in [0.1, 0.15) is 5.56 Å². The minimum absolute atomic E-state index is 0.916. The van der Waals surface area contributed by atoms with Gasteiger partial charge in [0.05, 0.1) is 5.70 Å². The van der Waals surface area contributed by atoms with Crippen LogP contribution in [-0.2, 0) is 0 Å². The lowest BCUT2D eigenvalue weighted by Crippen LogP contribution is -2.12. The van der Waals surface area contributed by atoms with Crippen LogP contribution in [0.2, 0.25) is 0 Å². The molecule has 1 aliphatic rings. The summed E-state index contributed by atoms with van der Waals surface area (Å²) >= 11 is 0. The molecule has 13 heavy (non-hydrogen) atoms. The molecule has 1 aromatic rings. The molecule has 0 amide bonds. The molecule has 1 N–H and O–H groups in total. The predicted octanol–water partition coefficient (Wildman–Crippen LogP) is 1.99. The first-order chi connectivity index (χ1) is 6.27. The van der Waals surface area contributed by atoms with Crippen LogP contribution in [0.5, 0.6) is 0 Å². The van der Waals surface area contributed by atoms with Crippen LogP contribution in [-0.4, -0.2) is 11.9 Å². The Balaban J connectivity index is 2.30. The molecule has 2 nitrogen and oxygen atoms in total. The van der Waals surface area contributed by atoms with Crippen molar-refractivity contribution < 1.29 is 0 Å². The van der Waals surface area contributed by atoms with Gasteiger partial charge in [0.1, 0.15) is 5.82 Å². The molecule has 0 saturated heterocycles. The van der Waals surface area contributed by atoms with Crippen LogP contribution in [0.25, 0.3) is 5.70 Å². The highest BCUT2D eigenvalue weighted by Crippen LogP contribution is 2.19. The van der Waals surface area contributed by atoms with E-state index in [9.17, 15) is 0 Å². The van der Waals surface area contributed by atoms with E-state index in [4.69, 9.17) is 0 Å². The van der Waals surface area contributed by atoms with Crippen molar-refractivity contribution in [3.63, 3.8) is 0 Å². The van der Waals surface area contributed by atoms with Gasteiger partial charge in [0.2, 0.25) is 0 Å². The van der Waals surface area contributed by atoms with E-state index in [0.29, 0.717) is 0 Å². The van der Waals surface area contributed by atoms with Crippen molar-refractivity contribution in [3.05, 3.63) is 54.5 Å². The first-order valence-electron chi connectivity index (χ1n) is 4.23. The summed E-state index contributed by atoms with van der Waals surface area (Å²) in [7, 11) is 1.98. The standard InChI is InChI=1S/C11H12N2/c1-9-12-11(8-13(9)2)10-6-4-3-5-7-10/h3-8,12H,1H2,2H3. The SMILES string of the molecule is C=C1NC(c2ccccc2)=CN1C. The van der Waals surface area contributed by atoms with E-state index in [-0.39, 0.29) is 0 Å². The lowest BCUT2D eigenvalue weighted by Gasteiger charge is -2.07. The van der Waals surface area contributed by atoms with Crippen molar-refractivity contribution in [2.75, 3.05) is 7.05 Å². The molecule has 0 saturated carbocycles.